The summed E-state index contributed by atoms with van der Waals surface area (Å²) in [7, 11) is -2.29. The summed E-state index contributed by atoms with van der Waals surface area (Å²) in [6, 6.07) is 3.73. The van der Waals surface area contributed by atoms with E-state index in [9.17, 15) is 12.8 Å². The van der Waals surface area contributed by atoms with Crippen LogP contribution in [0.1, 0.15) is 6.92 Å². The largest absolute Gasteiger partial charge is 0.494 e. The molecule has 1 aliphatic heterocycles. The van der Waals surface area contributed by atoms with E-state index in [-0.39, 0.29) is 10.6 Å². The maximum atomic E-state index is 13.6. The van der Waals surface area contributed by atoms with Gasteiger partial charge in [0.25, 0.3) is 0 Å². The first-order valence-corrected chi connectivity index (χ1v) is 7.99. The molecule has 0 amide bonds. The van der Waals surface area contributed by atoms with Crippen LogP contribution in [0.25, 0.3) is 0 Å². The molecule has 0 N–H and O–H groups in total. The van der Waals surface area contributed by atoms with E-state index in [1.165, 1.54) is 23.5 Å². The predicted molar refractivity (Wildman–Crippen MR) is 73.8 cm³/mol. The molecule has 1 aromatic carbocycles. The number of piperazine rings is 1. The smallest absolute Gasteiger partial charge is 0.243 e. The summed E-state index contributed by atoms with van der Waals surface area (Å²) in [5.74, 6) is -0.625. The normalized spacial score (nSPS) is 18.1. The molecule has 0 saturated carbocycles. The SMILES string of the molecule is CCN1CCN(S(=O)(=O)c2ccc(OC)c(F)c2)CC1. The summed E-state index contributed by atoms with van der Waals surface area (Å²) < 4.78 is 44.7. The van der Waals surface area contributed by atoms with Gasteiger partial charge in [-0.1, -0.05) is 6.92 Å². The van der Waals surface area contributed by atoms with Gasteiger partial charge in [0.15, 0.2) is 11.6 Å². The molecule has 7 heteroatoms. The summed E-state index contributed by atoms with van der Waals surface area (Å²) in [5, 5.41) is 0. The predicted octanol–water partition coefficient (Wildman–Crippen LogP) is 1.16. The van der Waals surface area contributed by atoms with Crippen LogP contribution in [-0.2, 0) is 10.0 Å². The van der Waals surface area contributed by atoms with Crippen LogP contribution in [-0.4, -0.2) is 57.5 Å². The lowest BCUT2D eigenvalue weighted by atomic mass is 10.3. The van der Waals surface area contributed by atoms with E-state index in [2.05, 4.69) is 4.90 Å². The third-order valence-electron chi connectivity index (χ3n) is 3.54. The van der Waals surface area contributed by atoms with Crippen molar-refractivity contribution >= 4 is 10.0 Å². The summed E-state index contributed by atoms with van der Waals surface area (Å²) in [6.45, 7) is 5.23. The van der Waals surface area contributed by atoms with E-state index < -0.39 is 15.8 Å². The van der Waals surface area contributed by atoms with Crippen molar-refractivity contribution in [3.8, 4) is 5.75 Å². The van der Waals surface area contributed by atoms with Crippen LogP contribution in [0.15, 0.2) is 23.1 Å². The van der Waals surface area contributed by atoms with Crippen LogP contribution in [0.4, 0.5) is 4.39 Å². The number of sulfonamides is 1. The highest BCUT2D eigenvalue weighted by atomic mass is 32.2. The first kappa shape index (κ1) is 15.2. The highest BCUT2D eigenvalue weighted by Gasteiger charge is 2.28. The van der Waals surface area contributed by atoms with Crippen molar-refractivity contribution in [3.05, 3.63) is 24.0 Å². The molecule has 5 nitrogen and oxygen atoms in total. The van der Waals surface area contributed by atoms with Gasteiger partial charge in [0.05, 0.1) is 12.0 Å². The molecule has 0 radical (unpaired) electrons. The average Bonchev–Trinajstić information content (AvgIpc) is 2.47. The van der Waals surface area contributed by atoms with Crippen molar-refractivity contribution in [2.45, 2.75) is 11.8 Å². The second-order valence-electron chi connectivity index (χ2n) is 4.63. The molecule has 0 unspecified atom stereocenters. The lowest BCUT2D eigenvalue weighted by Crippen LogP contribution is -2.48. The summed E-state index contributed by atoms with van der Waals surface area (Å²) in [6.07, 6.45) is 0. The molecule has 0 aliphatic carbocycles. The van der Waals surface area contributed by atoms with E-state index >= 15 is 0 Å². The zero-order valence-corrected chi connectivity index (χ0v) is 12.5. The van der Waals surface area contributed by atoms with E-state index in [1.54, 1.807) is 0 Å². The third kappa shape index (κ3) is 2.94. The van der Waals surface area contributed by atoms with E-state index in [0.717, 1.165) is 12.6 Å². The van der Waals surface area contributed by atoms with E-state index in [1.807, 2.05) is 6.92 Å². The van der Waals surface area contributed by atoms with Gasteiger partial charge < -0.3 is 9.64 Å². The number of rotatable bonds is 4. The maximum Gasteiger partial charge on any atom is 0.243 e. The Morgan fingerprint density at radius 3 is 2.40 bits per heavy atom. The minimum Gasteiger partial charge on any atom is -0.494 e. The molecule has 2 rings (SSSR count). The van der Waals surface area contributed by atoms with Crippen molar-refractivity contribution in [1.82, 2.24) is 9.21 Å². The number of methoxy groups -OCH3 is 1. The maximum absolute atomic E-state index is 13.6. The molecule has 0 aromatic heterocycles. The topological polar surface area (TPSA) is 49.9 Å². The summed E-state index contributed by atoms with van der Waals surface area (Å²) >= 11 is 0. The monoisotopic (exact) mass is 302 g/mol. The molecule has 20 heavy (non-hydrogen) atoms. The minimum absolute atomic E-state index is 0.0271. The van der Waals surface area contributed by atoms with Gasteiger partial charge in [-0.05, 0) is 24.7 Å². The Morgan fingerprint density at radius 1 is 1.25 bits per heavy atom. The molecule has 1 aliphatic rings. The molecule has 0 spiro atoms. The molecular weight excluding hydrogens is 283 g/mol. The zero-order valence-electron chi connectivity index (χ0n) is 11.7. The third-order valence-corrected chi connectivity index (χ3v) is 5.43. The average molecular weight is 302 g/mol. The van der Waals surface area contributed by atoms with Gasteiger partial charge in [0.1, 0.15) is 0 Å². The van der Waals surface area contributed by atoms with E-state index in [0.29, 0.717) is 26.2 Å². The fourth-order valence-electron chi connectivity index (χ4n) is 2.24. The first-order chi connectivity index (χ1) is 9.48. The van der Waals surface area contributed by atoms with Crippen LogP contribution in [0.5, 0.6) is 5.75 Å². The van der Waals surface area contributed by atoms with Crippen molar-refractivity contribution < 1.29 is 17.5 Å². The summed E-state index contributed by atoms with van der Waals surface area (Å²) in [5.41, 5.74) is 0. The fourth-order valence-corrected chi connectivity index (χ4v) is 3.68. The molecule has 1 heterocycles. The Kier molecular flexibility index (Phi) is 4.62. The Labute approximate surface area is 119 Å². The van der Waals surface area contributed by atoms with Gasteiger partial charge in [-0.15, -0.1) is 0 Å². The van der Waals surface area contributed by atoms with Crippen molar-refractivity contribution in [3.63, 3.8) is 0 Å². The van der Waals surface area contributed by atoms with Gasteiger partial charge in [-0.2, -0.15) is 4.31 Å². The highest BCUT2D eigenvalue weighted by Crippen LogP contribution is 2.23. The highest BCUT2D eigenvalue weighted by molar-refractivity contribution is 7.89. The number of benzene rings is 1. The van der Waals surface area contributed by atoms with Crippen LogP contribution in [0.3, 0.4) is 0 Å². The number of hydrogen-bond donors (Lipinski definition) is 0. The number of likely N-dealkylation sites (N-methyl/N-ethyl adjacent to an activating group) is 1. The van der Waals surface area contributed by atoms with Crippen LogP contribution in [0, 0.1) is 5.82 Å². The number of ether oxygens (including phenoxy) is 1. The van der Waals surface area contributed by atoms with Gasteiger partial charge in [-0.25, -0.2) is 12.8 Å². The number of nitrogens with zero attached hydrogens (tertiary/aromatic N) is 2. The first-order valence-electron chi connectivity index (χ1n) is 6.55. The lowest BCUT2D eigenvalue weighted by molar-refractivity contribution is 0.196. The molecule has 0 bridgehead atoms. The van der Waals surface area contributed by atoms with Crippen molar-refractivity contribution in [2.75, 3.05) is 39.8 Å². The van der Waals surface area contributed by atoms with Crippen molar-refractivity contribution in [1.29, 1.82) is 0 Å². The molecular formula is C13H19FN2O3S. The van der Waals surface area contributed by atoms with Crippen LogP contribution < -0.4 is 4.74 Å². The van der Waals surface area contributed by atoms with Crippen molar-refractivity contribution in [2.24, 2.45) is 0 Å². The standard InChI is InChI=1S/C13H19FN2O3S/c1-3-15-6-8-16(9-7-15)20(17,18)11-4-5-13(19-2)12(14)10-11/h4-5,10H,3,6-9H2,1-2H3. The quantitative estimate of drug-likeness (QED) is 0.837. The van der Waals surface area contributed by atoms with Crippen LogP contribution >= 0.6 is 0 Å². The molecule has 1 fully saturated rings. The molecule has 1 aromatic rings. The summed E-state index contributed by atoms with van der Waals surface area (Å²) in [4.78, 5) is 2.15. The number of hydrogen-bond acceptors (Lipinski definition) is 4. The molecule has 112 valence electrons. The minimum atomic E-state index is -3.63. The van der Waals surface area contributed by atoms with Crippen LogP contribution in [0.2, 0.25) is 0 Å². The van der Waals surface area contributed by atoms with Gasteiger partial charge >= 0.3 is 0 Å². The fraction of sp³-hybridized carbons (Fsp3) is 0.538. The van der Waals surface area contributed by atoms with E-state index in [4.69, 9.17) is 4.74 Å². The Hall–Kier alpha value is -1.18. The lowest BCUT2D eigenvalue weighted by Gasteiger charge is -2.33. The Balaban J connectivity index is 2.20. The zero-order chi connectivity index (χ0) is 14.8. The Bertz CT molecular complexity index is 569. The second kappa shape index (κ2) is 6.07. The van der Waals surface area contributed by atoms with Gasteiger partial charge in [-0.3, -0.25) is 0 Å². The number of halogens is 1. The van der Waals surface area contributed by atoms with Gasteiger partial charge in [0, 0.05) is 26.2 Å². The molecule has 0 atom stereocenters. The second-order valence-corrected chi connectivity index (χ2v) is 6.57. The van der Waals surface area contributed by atoms with Gasteiger partial charge in [0.2, 0.25) is 10.0 Å². The Morgan fingerprint density at radius 2 is 1.90 bits per heavy atom. The molecule has 1 saturated heterocycles.